The van der Waals surface area contributed by atoms with Gasteiger partial charge in [-0.05, 0) is 61.9 Å². The molecule has 0 aliphatic carbocycles. The highest BCUT2D eigenvalue weighted by atomic mass is 32.2. The minimum absolute atomic E-state index is 0.0868. The fourth-order valence-electron chi connectivity index (χ4n) is 3.43. The van der Waals surface area contributed by atoms with Crippen LogP contribution in [0.2, 0.25) is 0 Å². The van der Waals surface area contributed by atoms with Crippen molar-refractivity contribution in [3.8, 4) is 0 Å². The Morgan fingerprint density at radius 1 is 1.00 bits per heavy atom. The van der Waals surface area contributed by atoms with Crippen LogP contribution in [-0.4, -0.2) is 55.5 Å². The zero-order chi connectivity index (χ0) is 18.8. The summed E-state index contributed by atoms with van der Waals surface area (Å²) in [6, 6.07) is 2.16. The van der Waals surface area contributed by atoms with E-state index < -0.39 is 10.0 Å². The number of amides is 1. The molecule has 5 nitrogen and oxygen atoms in total. The molecule has 1 aliphatic rings. The van der Waals surface area contributed by atoms with Gasteiger partial charge in [-0.25, -0.2) is 8.42 Å². The van der Waals surface area contributed by atoms with Crippen molar-refractivity contribution in [1.82, 2.24) is 9.21 Å². The Morgan fingerprint density at radius 2 is 1.52 bits per heavy atom. The van der Waals surface area contributed by atoms with E-state index >= 15 is 0 Å². The zero-order valence-corrected chi connectivity index (χ0v) is 16.9. The molecule has 0 unspecified atom stereocenters. The lowest BCUT2D eigenvalue weighted by molar-refractivity contribution is -0.131. The molecule has 1 amide bonds. The lowest BCUT2D eigenvalue weighted by Crippen LogP contribution is -2.51. The van der Waals surface area contributed by atoms with Crippen LogP contribution in [0.1, 0.15) is 41.2 Å². The molecule has 0 atom stereocenters. The second-order valence-electron chi connectivity index (χ2n) is 7.01. The Bertz CT molecular complexity index is 722. The summed E-state index contributed by atoms with van der Waals surface area (Å²) in [7, 11) is -3.17. The molecule has 0 spiro atoms. The summed E-state index contributed by atoms with van der Waals surface area (Å²) >= 11 is 0. The Labute approximate surface area is 152 Å². The van der Waals surface area contributed by atoms with Gasteiger partial charge in [0.2, 0.25) is 15.9 Å². The topological polar surface area (TPSA) is 57.7 Å². The van der Waals surface area contributed by atoms with Crippen LogP contribution in [0, 0.1) is 27.7 Å². The average molecular weight is 367 g/mol. The molecule has 0 N–H and O–H groups in total. The van der Waals surface area contributed by atoms with Crippen molar-refractivity contribution in [3.05, 3.63) is 33.9 Å². The van der Waals surface area contributed by atoms with Gasteiger partial charge in [0.25, 0.3) is 0 Å². The van der Waals surface area contributed by atoms with Gasteiger partial charge in [-0.15, -0.1) is 0 Å². The maximum absolute atomic E-state index is 12.7. The van der Waals surface area contributed by atoms with Gasteiger partial charge in [-0.2, -0.15) is 4.31 Å². The van der Waals surface area contributed by atoms with Gasteiger partial charge in [0.15, 0.2) is 0 Å². The van der Waals surface area contributed by atoms with Gasteiger partial charge >= 0.3 is 0 Å². The van der Waals surface area contributed by atoms with E-state index in [0.717, 1.165) is 5.56 Å². The Morgan fingerprint density at radius 3 is 2.00 bits per heavy atom. The van der Waals surface area contributed by atoms with Crippen LogP contribution in [-0.2, 0) is 21.2 Å². The third kappa shape index (κ3) is 4.42. The highest BCUT2D eigenvalue weighted by molar-refractivity contribution is 7.89. The van der Waals surface area contributed by atoms with Gasteiger partial charge in [0.05, 0.1) is 12.2 Å². The van der Waals surface area contributed by atoms with Crippen molar-refractivity contribution in [2.45, 2.75) is 47.5 Å². The molecule has 0 aromatic heterocycles. The van der Waals surface area contributed by atoms with E-state index in [1.165, 1.54) is 26.6 Å². The van der Waals surface area contributed by atoms with Gasteiger partial charge in [-0.1, -0.05) is 13.0 Å². The quantitative estimate of drug-likeness (QED) is 0.804. The van der Waals surface area contributed by atoms with E-state index in [2.05, 4.69) is 33.8 Å². The number of nitrogens with zero attached hydrogens (tertiary/aromatic N) is 2. The molecule has 25 heavy (non-hydrogen) atoms. The van der Waals surface area contributed by atoms with E-state index in [0.29, 0.717) is 39.0 Å². The molecule has 140 valence electrons. The molecule has 1 heterocycles. The standard InChI is InChI=1S/C19H30N2O3S/c1-6-11-25(23,24)21-9-7-20(8-10-21)19(22)13-18-16(4)14(2)12-15(3)17(18)5/h12H,6-11,13H2,1-5H3. The third-order valence-electron chi connectivity index (χ3n) is 5.30. The number of carbonyl (C=O) groups is 1. The van der Waals surface area contributed by atoms with Crippen molar-refractivity contribution in [2.75, 3.05) is 31.9 Å². The molecule has 1 aromatic rings. The normalized spacial score (nSPS) is 16.3. The molecule has 2 rings (SSSR count). The summed E-state index contributed by atoms with van der Waals surface area (Å²) in [5, 5.41) is 0. The van der Waals surface area contributed by atoms with E-state index in [9.17, 15) is 13.2 Å². The van der Waals surface area contributed by atoms with Gasteiger partial charge in [-0.3, -0.25) is 4.79 Å². The Hall–Kier alpha value is -1.40. The zero-order valence-electron chi connectivity index (χ0n) is 16.1. The van der Waals surface area contributed by atoms with Crippen molar-refractivity contribution in [3.63, 3.8) is 0 Å². The van der Waals surface area contributed by atoms with Crippen LogP contribution >= 0.6 is 0 Å². The van der Waals surface area contributed by atoms with Gasteiger partial charge in [0.1, 0.15) is 0 Å². The molecule has 0 bridgehead atoms. The monoisotopic (exact) mass is 366 g/mol. The van der Waals surface area contributed by atoms with E-state index in [4.69, 9.17) is 0 Å². The molecule has 0 saturated carbocycles. The fourth-order valence-corrected chi connectivity index (χ4v) is 4.92. The average Bonchev–Trinajstić information content (AvgIpc) is 2.57. The fraction of sp³-hybridized carbons (Fsp3) is 0.632. The van der Waals surface area contributed by atoms with Crippen LogP contribution < -0.4 is 0 Å². The summed E-state index contributed by atoms with van der Waals surface area (Å²) in [6.07, 6.45) is 1.01. The summed E-state index contributed by atoms with van der Waals surface area (Å²) in [5.41, 5.74) is 5.90. The first-order valence-corrected chi connectivity index (χ1v) is 10.6. The van der Waals surface area contributed by atoms with E-state index in [1.807, 2.05) is 6.92 Å². The maximum atomic E-state index is 12.7. The molecular weight excluding hydrogens is 336 g/mol. The van der Waals surface area contributed by atoms with Crippen LogP contribution in [0.25, 0.3) is 0 Å². The molecule has 6 heteroatoms. The van der Waals surface area contributed by atoms with E-state index in [-0.39, 0.29) is 11.7 Å². The molecule has 1 aromatic carbocycles. The van der Waals surface area contributed by atoms with Crippen molar-refractivity contribution in [2.24, 2.45) is 0 Å². The lowest BCUT2D eigenvalue weighted by atomic mass is 9.92. The second kappa shape index (κ2) is 7.87. The summed E-state index contributed by atoms with van der Waals surface area (Å²) in [4.78, 5) is 14.5. The van der Waals surface area contributed by atoms with Crippen LogP contribution in [0.5, 0.6) is 0 Å². The molecule has 1 fully saturated rings. The highest BCUT2D eigenvalue weighted by Gasteiger charge is 2.28. The summed E-state index contributed by atoms with van der Waals surface area (Å²) in [6.45, 7) is 11.9. The first-order valence-electron chi connectivity index (χ1n) is 8.99. The Balaban J connectivity index is 2.05. The smallest absolute Gasteiger partial charge is 0.227 e. The van der Waals surface area contributed by atoms with Crippen molar-refractivity contribution < 1.29 is 13.2 Å². The minimum atomic E-state index is -3.17. The lowest BCUT2D eigenvalue weighted by Gasteiger charge is -2.34. The van der Waals surface area contributed by atoms with Crippen LogP contribution in [0.3, 0.4) is 0 Å². The SMILES string of the molecule is CCCS(=O)(=O)N1CCN(C(=O)Cc2c(C)c(C)cc(C)c2C)CC1. The maximum Gasteiger partial charge on any atom is 0.227 e. The van der Waals surface area contributed by atoms with Crippen molar-refractivity contribution in [1.29, 1.82) is 0 Å². The molecule has 0 radical (unpaired) electrons. The highest BCUT2D eigenvalue weighted by Crippen LogP contribution is 2.23. The number of aryl methyl sites for hydroxylation is 2. The van der Waals surface area contributed by atoms with Crippen LogP contribution in [0.15, 0.2) is 6.07 Å². The first kappa shape index (κ1) is 19.9. The predicted octanol–water partition coefficient (Wildman–Crippen LogP) is 2.35. The van der Waals surface area contributed by atoms with E-state index in [1.54, 1.807) is 4.90 Å². The number of hydrogen-bond donors (Lipinski definition) is 0. The van der Waals surface area contributed by atoms with Crippen molar-refractivity contribution >= 4 is 15.9 Å². The number of carbonyl (C=O) groups excluding carboxylic acids is 1. The van der Waals surface area contributed by atoms with Crippen LogP contribution in [0.4, 0.5) is 0 Å². The summed E-state index contributed by atoms with van der Waals surface area (Å²) in [5.74, 6) is 0.269. The number of rotatable bonds is 5. The minimum Gasteiger partial charge on any atom is -0.340 e. The predicted molar refractivity (Wildman–Crippen MR) is 101 cm³/mol. The number of benzene rings is 1. The Kier molecular flexibility index (Phi) is 6.27. The molecule has 1 saturated heterocycles. The number of sulfonamides is 1. The molecular formula is C19H30N2O3S. The number of piperazine rings is 1. The largest absolute Gasteiger partial charge is 0.340 e. The van der Waals surface area contributed by atoms with Gasteiger partial charge < -0.3 is 4.90 Å². The first-order chi connectivity index (χ1) is 11.7. The third-order valence-corrected chi connectivity index (χ3v) is 7.37. The van der Waals surface area contributed by atoms with Gasteiger partial charge in [0, 0.05) is 26.2 Å². The number of hydrogen-bond acceptors (Lipinski definition) is 3. The molecule has 1 aliphatic heterocycles. The summed E-state index contributed by atoms with van der Waals surface area (Å²) < 4.78 is 25.8. The second-order valence-corrected chi connectivity index (χ2v) is 9.10.